The van der Waals surface area contributed by atoms with Crippen molar-refractivity contribution in [2.75, 3.05) is 5.32 Å². The highest BCUT2D eigenvalue weighted by atomic mass is 79.9. The molecular weight excluding hydrogens is 380 g/mol. The van der Waals surface area contributed by atoms with Gasteiger partial charge in [-0.25, -0.2) is 13.1 Å². The van der Waals surface area contributed by atoms with Crippen molar-refractivity contribution in [1.29, 1.82) is 0 Å². The van der Waals surface area contributed by atoms with Crippen LogP contribution in [0.15, 0.2) is 33.1 Å². The predicted molar refractivity (Wildman–Crippen MR) is 82.4 cm³/mol. The van der Waals surface area contributed by atoms with E-state index in [0.717, 1.165) is 21.4 Å². The Balaban J connectivity index is 2.08. The van der Waals surface area contributed by atoms with E-state index in [0.29, 0.717) is 0 Å². The molecule has 2 rings (SSSR count). The zero-order chi connectivity index (χ0) is 15.5. The van der Waals surface area contributed by atoms with Crippen LogP contribution in [0.2, 0.25) is 0 Å². The van der Waals surface area contributed by atoms with E-state index in [2.05, 4.69) is 36.2 Å². The lowest BCUT2D eigenvalue weighted by atomic mass is 10.2. The van der Waals surface area contributed by atoms with Gasteiger partial charge in [0.05, 0.1) is 0 Å². The number of benzene rings is 1. The van der Waals surface area contributed by atoms with Crippen molar-refractivity contribution in [3.05, 3.63) is 34.3 Å². The Labute approximate surface area is 134 Å². The molecule has 7 nitrogen and oxygen atoms in total. The summed E-state index contributed by atoms with van der Waals surface area (Å²) >= 11 is 4.11. The number of carbonyl (C=O) groups is 1. The van der Waals surface area contributed by atoms with Crippen LogP contribution >= 0.6 is 27.3 Å². The first-order valence-corrected chi connectivity index (χ1v) is 8.81. The largest absolute Gasteiger partial charge is 0.301 e. The lowest BCUT2D eigenvalue weighted by Gasteiger charge is -2.04. The fourth-order valence-corrected chi connectivity index (χ4v) is 3.86. The number of aromatic nitrogens is 2. The van der Waals surface area contributed by atoms with Gasteiger partial charge in [-0.05, 0) is 17.7 Å². The van der Waals surface area contributed by atoms with E-state index in [1.165, 1.54) is 6.92 Å². The number of hydrogen-bond acceptors (Lipinski definition) is 6. The molecule has 112 valence electrons. The first-order chi connectivity index (χ1) is 9.87. The van der Waals surface area contributed by atoms with Crippen molar-refractivity contribution in [3.63, 3.8) is 0 Å². The topological polar surface area (TPSA) is 101 Å². The zero-order valence-corrected chi connectivity index (χ0v) is 14.0. The third kappa shape index (κ3) is 4.56. The quantitative estimate of drug-likeness (QED) is 0.757. The Morgan fingerprint density at radius 2 is 2.14 bits per heavy atom. The van der Waals surface area contributed by atoms with Gasteiger partial charge in [0.25, 0.3) is 10.0 Å². The molecule has 1 amide bonds. The molecule has 0 spiro atoms. The van der Waals surface area contributed by atoms with Crippen LogP contribution in [-0.4, -0.2) is 24.5 Å². The zero-order valence-electron chi connectivity index (χ0n) is 10.8. The number of hydrogen-bond donors (Lipinski definition) is 2. The molecule has 0 unspecified atom stereocenters. The molecule has 0 fully saturated rings. The van der Waals surface area contributed by atoms with Gasteiger partial charge in [0.2, 0.25) is 15.4 Å². The van der Waals surface area contributed by atoms with Gasteiger partial charge < -0.3 is 5.32 Å². The van der Waals surface area contributed by atoms with Crippen molar-refractivity contribution in [3.8, 4) is 0 Å². The molecule has 1 heterocycles. The second-order valence-corrected chi connectivity index (χ2v) is 7.84. The van der Waals surface area contributed by atoms with Crippen LogP contribution in [0.5, 0.6) is 0 Å². The summed E-state index contributed by atoms with van der Waals surface area (Å²) in [7, 11) is -3.76. The SMILES string of the molecule is CC(=O)Nc1nnc(S(=O)(=O)NCc2cccc(Br)c2)s1. The van der Waals surface area contributed by atoms with Crippen molar-refractivity contribution >= 4 is 48.3 Å². The van der Waals surface area contributed by atoms with Crippen LogP contribution in [0.25, 0.3) is 0 Å². The highest BCUT2D eigenvalue weighted by molar-refractivity contribution is 9.10. The highest BCUT2D eigenvalue weighted by Crippen LogP contribution is 2.20. The van der Waals surface area contributed by atoms with E-state index < -0.39 is 10.0 Å². The second-order valence-electron chi connectivity index (χ2n) is 4.01. The molecule has 0 aliphatic heterocycles. The van der Waals surface area contributed by atoms with E-state index in [4.69, 9.17) is 0 Å². The molecule has 10 heteroatoms. The van der Waals surface area contributed by atoms with E-state index in [1.54, 1.807) is 6.07 Å². The minimum Gasteiger partial charge on any atom is -0.301 e. The summed E-state index contributed by atoms with van der Waals surface area (Å²) in [6.07, 6.45) is 0. The van der Waals surface area contributed by atoms with Crippen molar-refractivity contribution in [2.24, 2.45) is 0 Å². The van der Waals surface area contributed by atoms with Crippen LogP contribution in [-0.2, 0) is 21.4 Å². The normalized spacial score (nSPS) is 11.3. The second kappa shape index (κ2) is 6.60. The average molecular weight is 391 g/mol. The van der Waals surface area contributed by atoms with Crippen LogP contribution in [0.1, 0.15) is 12.5 Å². The number of nitrogens with one attached hydrogen (secondary N) is 2. The third-order valence-corrected chi connectivity index (χ3v) is 5.38. The van der Waals surface area contributed by atoms with Crippen LogP contribution < -0.4 is 10.0 Å². The lowest BCUT2D eigenvalue weighted by Crippen LogP contribution is -2.23. The summed E-state index contributed by atoms with van der Waals surface area (Å²) in [6.45, 7) is 1.44. The Morgan fingerprint density at radius 3 is 2.81 bits per heavy atom. The minimum atomic E-state index is -3.76. The van der Waals surface area contributed by atoms with E-state index >= 15 is 0 Å². The number of rotatable bonds is 5. The maximum Gasteiger partial charge on any atom is 0.270 e. The number of halogens is 1. The summed E-state index contributed by atoms with van der Waals surface area (Å²) in [4.78, 5) is 10.9. The smallest absolute Gasteiger partial charge is 0.270 e. The van der Waals surface area contributed by atoms with Crippen molar-refractivity contribution in [1.82, 2.24) is 14.9 Å². The lowest BCUT2D eigenvalue weighted by molar-refractivity contribution is -0.114. The Bertz CT molecular complexity index is 760. The Morgan fingerprint density at radius 1 is 1.38 bits per heavy atom. The maximum atomic E-state index is 12.1. The summed E-state index contributed by atoms with van der Waals surface area (Å²) < 4.78 is 27.2. The van der Waals surface area contributed by atoms with Gasteiger partial charge in [0.15, 0.2) is 0 Å². The molecule has 21 heavy (non-hydrogen) atoms. The van der Waals surface area contributed by atoms with Gasteiger partial charge in [0, 0.05) is 17.9 Å². The standard InChI is InChI=1S/C11H11BrN4O3S2/c1-7(17)14-10-15-16-11(20-10)21(18,19)13-6-8-3-2-4-9(12)5-8/h2-5,13H,6H2,1H3,(H,14,15,17). The van der Waals surface area contributed by atoms with Gasteiger partial charge in [-0.15, -0.1) is 10.2 Å². The fourth-order valence-electron chi connectivity index (χ4n) is 1.41. The Hall–Kier alpha value is -1.36. The predicted octanol–water partition coefficient (Wildman–Crippen LogP) is 1.74. The molecule has 1 aromatic heterocycles. The minimum absolute atomic E-state index is 0.136. The van der Waals surface area contributed by atoms with Crippen LogP contribution in [0.3, 0.4) is 0 Å². The molecule has 0 saturated heterocycles. The molecule has 2 aromatic rings. The third-order valence-electron chi connectivity index (χ3n) is 2.27. The molecule has 0 saturated carbocycles. The highest BCUT2D eigenvalue weighted by Gasteiger charge is 2.20. The first kappa shape index (κ1) is 16.0. The first-order valence-electron chi connectivity index (χ1n) is 5.72. The van der Waals surface area contributed by atoms with Crippen LogP contribution in [0.4, 0.5) is 5.13 Å². The van der Waals surface area contributed by atoms with Gasteiger partial charge in [-0.2, -0.15) is 0 Å². The van der Waals surface area contributed by atoms with E-state index in [9.17, 15) is 13.2 Å². The number of carbonyl (C=O) groups excluding carboxylic acids is 1. The van der Waals surface area contributed by atoms with Gasteiger partial charge in [0.1, 0.15) is 0 Å². The number of anilines is 1. The van der Waals surface area contributed by atoms with E-state index in [1.807, 2.05) is 18.2 Å². The number of amides is 1. The molecular formula is C11H11BrN4O3S2. The summed E-state index contributed by atoms with van der Waals surface area (Å²) in [5, 5.41) is 9.70. The molecule has 0 aliphatic rings. The molecule has 1 aromatic carbocycles. The van der Waals surface area contributed by atoms with Crippen molar-refractivity contribution in [2.45, 2.75) is 17.8 Å². The van der Waals surface area contributed by atoms with Gasteiger partial charge in [-0.1, -0.05) is 39.4 Å². The molecule has 0 bridgehead atoms. The molecule has 2 N–H and O–H groups in total. The van der Waals surface area contributed by atoms with E-state index in [-0.39, 0.29) is 21.9 Å². The molecule has 0 atom stereocenters. The van der Waals surface area contributed by atoms with Crippen molar-refractivity contribution < 1.29 is 13.2 Å². The monoisotopic (exact) mass is 390 g/mol. The number of sulfonamides is 1. The summed E-state index contributed by atoms with van der Waals surface area (Å²) in [6, 6.07) is 7.28. The Kier molecular flexibility index (Phi) is 5.04. The average Bonchev–Trinajstić information content (AvgIpc) is 2.85. The summed E-state index contributed by atoms with van der Waals surface area (Å²) in [5.41, 5.74) is 0.805. The molecule has 0 aliphatic carbocycles. The van der Waals surface area contributed by atoms with Gasteiger partial charge >= 0.3 is 0 Å². The van der Waals surface area contributed by atoms with Gasteiger partial charge in [-0.3, -0.25) is 4.79 Å². The fraction of sp³-hybridized carbons (Fsp3) is 0.182. The maximum absolute atomic E-state index is 12.1. The molecule has 0 radical (unpaired) electrons. The summed E-state index contributed by atoms with van der Waals surface area (Å²) in [5.74, 6) is -0.336. The number of nitrogens with zero attached hydrogens (tertiary/aromatic N) is 2. The van der Waals surface area contributed by atoms with Crippen LogP contribution in [0, 0.1) is 0 Å².